The second-order valence-corrected chi connectivity index (χ2v) is 7.32. The molecule has 5 rings (SSSR count). The van der Waals surface area contributed by atoms with Crippen LogP contribution in [0.5, 0.6) is 0 Å². The molecule has 0 aliphatic heterocycles. The van der Waals surface area contributed by atoms with E-state index in [0.29, 0.717) is 5.02 Å². The van der Waals surface area contributed by atoms with Gasteiger partial charge in [0.05, 0.1) is 10.4 Å². The van der Waals surface area contributed by atoms with Gasteiger partial charge in [-0.25, -0.2) is 4.98 Å². The van der Waals surface area contributed by atoms with Crippen LogP contribution in [0, 0.1) is 0 Å². The molecule has 4 aromatic rings. The smallest absolute Gasteiger partial charge is 0.172 e. The minimum atomic E-state index is 0.690. The number of fused-ring (bicyclic) bond motifs is 5. The summed E-state index contributed by atoms with van der Waals surface area (Å²) in [6.07, 6.45) is 6.50. The van der Waals surface area contributed by atoms with Gasteiger partial charge in [-0.15, -0.1) is 21.5 Å². The van der Waals surface area contributed by atoms with E-state index in [1.165, 1.54) is 28.7 Å². The highest BCUT2D eigenvalue weighted by Crippen LogP contribution is 2.39. The van der Waals surface area contributed by atoms with Crippen LogP contribution in [-0.2, 0) is 12.8 Å². The van der Waals surface area contributed by atoms with E-state index in [1.54, 1.807) is 17.7 Å². The molecule has 0 radical (unpaired) electrons. The third kappa shape index (κ3) is 1.93. The Morgan fingerprint density at radius 3 is 2.91 bits per heavy atom. The number of hydrogen-bond acceptors (Lipinski definition) is 4. The number of rotatable bonds is 1. The predicted molar refractivity (Wildman–Crippen MR) is 93.3 cm³/mol. The molecular weight excluding hydrogens is 328 g/mol. The number of halogens is 1. The maximum absolute atomic E-state index is 6.39. The number of benzene rings is 1. The fraction of sp³-hybridized carbons (Fsp3) is 0.235. The summed E-state index contributed by atoms with van der Waals surface area (Å²) in [5.41, 5.74) is 3.23. The Kier molecular flexibility index (Phi) is 2.93. The second-order valence-electron chi connectivity index (χ2n) is 5.83. The van der Waals surface area contributed by atoms with Crippen molar-refractivity contribution < 1.29 is 0 Å². The van der Waals surface area contributed by atoms with Gasteiger partial charge >= 0.3 is 0 Å². The van der Waals surface area contributed by atoms with E-state index in [1.807, 2.05) is 28.7 Å². The third-order valence-electron chi connectivity index (χ3n) is 4.47. The fourth-order valence-electron chi connectivity index (χ4n) is 3.40. The first-order valence-electron chi connectivity index (χ1n) is 7.72. The van der Waals surface area contributed by atoms with Crippen LogP contribution in [0.25, 0.3) is 27.3 Å². The predicted octanol–water partition coefficient (Wildman–Crippen LogP) is 4.54. The van der Waals surface area contributed by atoms with Crippen molar-refractivity contribution in [1.29, 1.82) is 0 Å². The van der Waals surface area contributed by atoms with Crippen molar-refractivity contribution in [3.63, 3.8) is 0 Å². The Balaban J connectivity index is 1.91. The first-order valence-corrected chi connectivity index (χ1v) is 8.91. The molecule has 0 amide bonds. The zero-order valence-corrected chi connectivity index (χ0v) is 13.9. The lowest BCUT2D eigenvalue weighted by atomic mass is 9.97. The molecule has 1 aromatic carbocycles. The zero-order chi connectivity index (χ0) is 15.4. The topological polar surface area (TPSA) is 43.1 Å². The van der Waals surface area contributed by atoms with Gasteiger partial charge in [0.25, 0.3) is 0 Å². The normalized spacial score (nSPS) is 14.5. The number of nitrogens with zero attached hydrogens (tertiary/aromatic N) is 4. The van der Waals surface area contributed by atoms with Gasteiger partial charge in [-0.2, -0.15) is 0 Å². The lowest BCUT2D eigenvalue weighted by molar-refractivity contribution is 0.700. The summed E-state index contributed by atoms with van der Waals surface area (Å²) in [5, 5.41) is 10.4. The van der Waals surface area contributed by atoms with Gasteiger partial charge in [0, 0.05) is 10.4 Å². The van der Waals surface area contributed by atoms with Crippen molar-refractivity contribution in [3.8, 4) is 11.4 Å². The molecule has 0 bridgehead atoms. The van der Waals surface area contributed by atoms with Gasteiger partial charge in [-0.05, 0) is 43.4 Å². The fourth-order valence-corrected chi connectivity index (χ4v) is 4.88. The van der Waals surface area contributed by atoms with E-state index >= 15 is 0 Å². The summed E-state index contributed by atoms with van der Waals surface area (Å²) >= 11 is 8.18. The first-order chi connectivity index (χ1) is 11.3. The summed E-state index contributed by atoms with van der Waals surface area (Å²) < 4.78 is 1.96. The highest BCUT2D eigenvalue weighted by atomic mass is 35.5. The van der Waals surface area contributed by atoms with Crippen LogP contribution in [-0.4, -0.2) is 19.6 Å². The van der Waals surface area contributed by atoms with Crippen LogP contribution >= 0.6 is 22.9 Å². The van der Waals surface area contributed by atoms with Crippen molar-refractivity contribution in [2.45, 2.75) is 25.7 Å². The Bertz CT molecular complexity index is 1050. The van der Waals surface area contributed by atoms with E-state index in [2.05, 4.69) is 10.2 Å². The molecule has 4 nitrogen and oxygen atoms in total. The molecule has 0 atom stereocenters. The summed E-state index contributed by atoms with van der Waals surface area (Å²) in [6.45, 7) is 0. The number of hydrogen-bond donors (Lipinski definition) is 0. The largest absolute Gasteiger partial charge is 0.264 e. The minimum Gasteiger partial charge on any atom is -0.264 e. The Hall–Kier alpha value is -1.98. The van der Waals surface area contributed by atoms with Crippen LogP contribution in [0.1, 0.15) is 23.3 Å². The first kappa shape index (κ1) is 13.5. The number of aryl methyl sites for hydroxylation is 2. The third-order valence-corrected chi connectivity index (χ3v) is 5.99. The van der Waals surface area contributed by atoms with Crippen LogP contribution < -0.4 is 0 Å². The van der Waals surface area contributed by atoms with E-state index < -0.39 is 0 Å². The molecule has 0 saturated carbocycles. The van der Waals surface area contributed by atoms with Gasteiger partial charge in [0.15, 0.2) is 5.65 Å². The molecule has 3 heterocycles. The molecule has 1 aliphatic rings. The summed E-state index contributed by atoms with van der Waals surface area (Å²) in [4.78, 5) is 7.44. The second kappa shape index (κ2) is 5.01. The van der Waals surface area contributed by atoms with Crippen LogP contribution in [0.15, 0.2) is 30.6 Å². The summed E-state index contributed by atoms with van der Waals surface area (Å²) in [7, 11) is 0. The molecule has 0 unspecified atom stereocenters. The van der Waals surface area contributed by atoms with Crippen molar-refractivity contribution in [3.05, 3.63) is 46.1 Å². The molecular formula is C17H13ClN4S. The Morgan fingerprint density at radius 2 is 2.00 bits per heavy atom. The van der Waals surface area contributed by atoms with Crippen LogP contribution in [0.3, 0.4) is 0 Å². The van der Waals surface area contributed by atoms with Crippen molar-refractivity contribution >= 4 is 38.8 Å². The highest BCUT2D eigenvalue weighted by molar-refractivity contribution is 7.19. The van der Waals surface area contributed by atoms with Gasteiger partial charge in [0.2, 0.25) is 0 Å². The molecule has 3 aromatic heterocycles. The van der Waals surface area contributed by atoms with Gasteiger partial charge in [-0.3, -0.25) is 4.40 Å². The van der Waals surface area contributed by atoms with E-state index in [4.69, 9.17) is 16.6 Å². The summed E-state index contributed by atoms with van der Waals surface area (Å²) in [6, 6.07) is 7.78. The Labute approximate surface area is 141 Å². The molecule has 0 fully saturated rings. The molecule has 23 heavy (non-hydrogen) atoms. The summed E-state index contributed by atoms with van der Waals surface area (Å²) in [5.74, 6) is 0.807. The maximum Gasteiger partial charge on any atom is 0.172 e. The lowest BCUT2D eigenvalue weighted by Gasteiger charge is -2.11. The van der Waals surface area contributed by atoms with E-state index in [0.717, 1.165) is 34.7 Å². The lowest BCUT2D eigenvalue weighted by Crippen LogP contribution is -2.00. The standard InChI is InChI=1S/C17H13ClN4S/c18-12-7-3-1-5-10(12)15-20-17-14(16-21-19-9-22(15)16)11-6-2-4-8-13(11)23-17/h1,3,5,7,9H,2,4,6,8H2. The monoisotopic (exact) mass is 340 g/mol. The Morgan fingerprint density at radius 1 is 1.13 bits per heavy atom. The van der Waals surface area contributed by atoms with Crippen LogP contribution in [0.2, 0.25) is 5.02 Å². The van der Waals surface area contributed by atoms with Gasteiger partial charge in [-0.1, -0.05) is 23.7 Å². The zero-order valence-electron chi connectivity index (χ0n) is 12.3. The highest BCUT2D eigenvalue weighted by Gasteiger charge is 2.22. The van der Waals surface area contributed by atoms with E-state index in [-0.39, 0.29) is 0 Å². The molecule has 114 valence electrons. The molecule has 0 spiro atoms. The van der Waals surface area contributed by atoms with Crippen molar-refractivity contribution in [1.82, 2.24) is 19.6 Å². The molecule has 1 aliphatic carbocycles. The number of aromatic nitrogens is 4. The van der Waals surface area contributed by atoms with Crippen molar-refractivity contribution in [2.75, 3.05) is 0 Å². The maximum atomic E-state index is 6.39. The SMILES string of the molecule is Clc1ccccc1-c1nc2sc3c(c2c2nncn12)CCCC3. The van der Waals surface area contributed by atoms with Crippen molar-refractivity contribution in [2.24, 2.45) is 0 Å². The molecule has 0 saturated heterocycles. The van der Waals surface area contributed by atoms with E-state index in [9.17, 15) is 0 Å². The average Bonchev–Trinajstić information content (AvgIpc) is 3.18. The van der Waals surface area contributed by atoms with Gasteiger partial charge in [0.1, 0.15) is 17.0 Å². The molecule has 0 N–H and O–H groups in total. The average molecular weight is 341 g/mol. The quantitative estimate of drug-likeness (QED) is 0.511. The van der Waals surface area contributed by atoms with Crippen LogP contribution in [0.4, 0.5) is 0 Å². The molecule has 6 heteroatoms. The van der Waals surface area contributed by atoms with Gasteiger partial charge < -0.3 is 0 Å². The minimum absolute atomic E-state index is 0.690. The number of thiophene rings is 1.